The molecular weight excluding hydrogens is 591 g/mol. The van der Waals surface area contributed by atoms with E-state index in [1.807, 2.05) is 62.6 Å². The molecule has 0 spiro atoms. The van der Waals surface area contributed by atoms with Crippen LogP contribution >= 0.6 is 0 Å². The Morgan fingerprint density at radius 1 is 0.576 bits per heavy atom. The maximum Gasteiger partial charge on any atom is 0.0886 e. The number of H-pyrrole nitrogens is 2. The Kier molecular flexibility index (Phi) is 10.9. The molecule has 4 rings (SSSR count). The second-order valence-electron chi connectivity index (χ2n) is 9.88. The predicted octanol–water partition coefficient (Wildman–Crippen LogP) is 6.17. The molecular formula is C26H36N6Pt. The first-order valence-electron chi connectivity index (χ1n) is 10.8. The van der Waals surface area contributed by atoms with Crippen molar-refractivity contribution in [3.05, 3.63) is 83.7 Å². The van der Waals surface area contributed by atoms with Crippen molar-refractivity contribution in [2.75, 3.05) is 0 Å². The van der Waals surface area contributed by atoms with Crippen LogP contribution < -0.4 is 0 Å². The Balaban J connectivity index is 0.000000254. The number of hydrogen-bond acceptors (Lipinski definition) is 4. The molecule has 4 heterocycles. The molecule has 0 aliphatic heterocycles. The Morgan fingerprint density at radius 3 is 1.12 bits per heavy atom. The fourth-order valence-corrected chi connectivity index (χ4v) is 2.59. The van der Waals surface area contributed by atoms with E-state index in [2.05, 4.69) is 71.9 Å². The molecule has 0 atom stereocenters. The van der Waals surface area contributed by atoms with Gasteiger partial charge >= 0.3 is 0 Å². The van der Waals surface area contributed by atoms with Crippen LogP contribution in [0.5, 0.6) is 0 Å². The van der Waals surface area contributed by atoms with Gasteiger partial charge in [0.25, 0.3) is 0 Å². The van der Waals surface area contributed by atoms with Crippen LogP contribution in [0, 0.1) is 13.8 Å². The largest absolute Gasteiger partial charge is 0.282 e. The normalized spacial score (nSPS) is 10.8. The van der Waals surface area contributed by atoms with Crippen LogP contribution in [-0.4, -0.2) is 30.4 Å². The SMILES string of the molecule is CC(C)(C)c1ccn[nH]1.CC(C)(C)c1ccn[nH]1.Cc1ccc(-c2ccc(C)cn2)nc1.[Pt]. The molecule has 0 saturated heterocycles. The van der Waals surface area contributed by atoms with Crippen LogP contribution in [0.15, 0.2) is 61.2 Å². The molecule has 0 bridgehead atoms. The quantitative estimate of drug-likeness (QED) is 0.265. The third-order valence-electron chi connectivity index (χ3n) is 4.70. The second kappa shape index (κ2) is 12.6. The third kappa shape index (κ3) is 9.83. The number of aromatic nitrogens is 6. The van der Waals surface area contributed by atoms with Crippen LogP contribution in [0.25, 0.3) is 11.4 Å². The van der Waals surface area contributed by atoms with Gasteiger partial charge in [-0.05, 0) is 49.2 Å². The van der Waals surface area contributed by atoms with Crippen LogP contribution in [0.1, 0.15) is 64.1 Å². The van der Waals surface area contributed by atoms with Gasteiger partial charge in [-0.1, -0.05) is 53.7 Å². The van der Waals surface area contributed by atoms with Crippen molar-refractivity contribution in [3.63, 3.8) is 0 Å². The van der Waals surface area contributed by atoms with Crippen molar-refractivity contribution in [2.45, 2.75) is 66.2 Å². The fourth-order valence-electron chi connectivity index (χ4n) is 2.59. The van der Waals surface area contributed by atoms with E-state index in [0.717, 1.165) is 11.4 Å². The van der Waals surface area contributed by atoms with Gasteiger partial charge in [-0.2, -0.15) is 10.2 Å². The smallest absolute Gasteiger partial charge is 0.0886 e. The summed E-state index contributed by atoms with van der Waals surface area (Å²) < 4.78 is 0. The van der Waals surface area contributed by atoms with E-state index in [9.17, 15) is 0 Å². The molecule has 33 heavy (non-hydrogen) atoms. The molecule has 2 N–H and O–H groups in total. The van der Waals surface area contributed by atoms with Gasteiger partial charge in [0.1, 0.15) is 0 Å². The molecule has 0 radical (unpaired) electrons. The summed E-state index contributed by atoms with van der Waals surface area (Å²) in [5.41, 5.74) is 6.96. The van der Waals surface area contributed by atoms with E-state index in [1.54, 1.807) is 12.4 Å². The van der Waals surface area contributed by atoms with Gasteiger partial charge in [0, 0.05) is 68.1 Å². The van der Waals surface area contributed by atoms with Crippen molar-refractivity contribution in [2.24, 2.45) is 0 Å². The van der Waals surface area contributed by atoms with E-state index in [1.165, 1.54) is 22.5 Å². The Labute approximate surface area is 212 Å². The Hall–Kier alpha value is -2.59. The number of hydrogen-bond donors (Lipinski definition) is 2. The zero-order chi connectivity index (χ0) is 23.8. The summed E-state index contributed by atoms with van der Waals surface area (Å²) in [4.78, 5) is 8.63. The fraction of sp³-hybridized carbons (Fsp3) is 0.385. The van der Waals surface area contributed by atoms with E-state index in [4.69, 9.17) is 0 Å². The topological polar surface area (TPSA) is 83.1 Å². The summed E-state index contributed by atoms with van der Waals surface area (Å²) >= 11 is 0. The number of aryl methyl sites for hydroxylation is 2. The van der Waals surface area contributed by atoms with Crippen LogP contribution in [0.3, 0.4) is 0 Å². The van der Waals surface area contributed by atoms with Crippen LogP contribution in [0.4, 0.5) is 0 Å². The van der Waals surface area contributed by atoms with E-state index in [-0.39, 0.29) is 31.9 Å². The zero-order valence-electron chi connectivity index (χ0n) is 20.9. The molecule has 0 aromatic carbocycles. The molecule has 0 fully saturated rings. The summed E-state index contributed by atoms with van der Waals surface area (Å²) in [6, 6.07) is 12.1. The minimum atomic E-state index is 0. The molecule has 180 valence electrons. The number of rotatable bonds is 1. The molecule has 6 nitrogen and oxygen atoms in total. The number of nitrogens with zero attached hydrogens (tertiary/aromatic N) is 4. The Morgan fingerprint density at radius 2 is 0.939 bits per heavy atom. The number of aromatic amines is 2. The average molecular weight is 628 g/mol. The molecule has 4 aromatic rings. The summed E-state index contributed by atoms with van der Waals surface area (Å²) in [5, 5.41) is 13.6. The summed E-state index contributed by atoms with van der Waals surface area (Å²) in [7, 11) is 0. The van der Waals surface area contributed by atoms with E-state index in [0.29, 0.717) is 0 Å². The molecule has 0 amide bonds. The van der Waals surface area contributed by atoms with Gasteiger partial charge in [0.15, 0.2) is 0 Å². The predicted molar refractivity (Wildman–Crippen MR) is 132 cm³/mol. The molecule has 0 unspecified atom stereocenters. The van der Waals surface area contributed by atoms with Gasteiger partial charge in [-0.15, -0.1) is 0 Å². The standard InChI is InChI=1S/C12H12N2.2C7H12N2.Pt/c1-9-3-5-11(13-7-9)12-6-4-10(2)8-14-12;2*1-7(2,3)6-4-5-8-9-6;/h3-8H,1-2H3;2*4-5H,1-3H3,(H,8,9);. The van der Waals surface area contributed by atoms with E-state index >= 15 is 0 Å². The number of nitrogens with one attached hydrogen (secondary N) is 2. The molecule has 0 aliphatic carbocycles. The van der Waals surface area contributed by atoms with Gasteiger partial charge < -0.3 is 0 Å². The zero-order valence-corrected chi connectivity index (χ0v) is 23.2. The molecule has 7 heteroatoms. The van der Waals surface area contributed by atoms with Crippen molar-refractivity contribution >= 4 is 0 Å². The van der Waals surface area contributed by atoms with Crippen molar-refractivity contribution in [3.8, 4) is 11.4 Å². The monoisotopic (exact) mass is 627 g/mol. The minimum absolute atomic E-state index is 0. The minimum Gasteiger partial charge on any atom is -0.282 e. The van der Waals surface area contributed by atoms with Gasteiger partial charge in [0.05, 0.1) is 11.4 Å². The van der Waals surface area contributed by atoms with Gasteiger partial charge in [-0.3, -0.25) is 20.2 Å². The maximum absolute atomic E-state index is 4.32. The summed E-state index contributed by atoms with van der Waals surface area (Å²) in [6.45, 7) is 17.0. The van der Waals surface area contributed by atoms with Crippen LogP contribution in [-0.2, 0) is 31.9 Å². The van der Waals surface area contributed by atoms with Gasteiger partial charge in [-0.25, -0.2) is 0 Å². The average Bonchev–Trinajstić information content (AvgIpc) is 3.44. The first-order valence-corrected chi connectivity index (χ1v) is 10.8. The summed E-state index contributed by atoms with van der Waals surface area (Å²) in [6.07, 6.45) is 7.27. The second-order valence-corrected chi connectivity index (χ2v) is 9.88. The maximum atomic E-state index is 4.32. The third-order valence-corrected chi connectivity index (χ3v) is 4.70. The molecule has 0 saturated carbocycles. The van der Waals surface area contributed by atoms with E-state index < -0.39 is 0 Å². The van der Waals surface area contributed by atoms with Gasteiger partial charge in [0.2, 0.25) is 0 Å². The van der Waals surface area contributed by atoms with Crippen molar-refractivity contribution < 1.29 is 21.1 Å². The molecule has 0 aliphatic rings. The Bertz CT molecular complexity index is 937. The first kappa shape index (κ1) is 28.4. The summed E-state index contributed by atoms with van der Waals surface area (Å²) in [5.74, 6) is 0. The number of pyridine rings is 2. The van der Waals surface area contributed by atoms with Crippen molar-refractivity contribution in [1.82, 2.24) is 30.4 Å². The van der Waals surface area contributed by atoms with Crippen LogP contribution in [0.2, 0.25) is 0 Å². The first-order chi connectivity index (χ1) is 15.0. The molecule has 4 aromatic heterocycles. The van der Waals surface area contributed by atoms with Crippen molar-refractivity contribution in [1.29, 1.82) is 0 Å².